The molecule has 30 heavy (non-hydrogen) atoms. The Balaban J connectivity index is 1.65. The third kappa shape index (κ3) is 4.49. The molecule has 0 aliphatic carbocycles. The Morgan fingerprint density at radius 1 is 1.07 bits per heavy atom. The highest BCUT2D eigenvalue weighted by atomic mass is 32.2. The predicted molar refractivity (Wildman–Crippen MR) is 117 cm³/mol. The molecule has 0 saturated carbocycles. The van der Waals surface area contributed by atoms with E-state index in [1.807, 2.05) is 30.3 Å². The average Bonchev–Trinajstić information content (AvgIpc) is 3.29. The fraction of sp³-hybridized carbons (Fsp3) is 0.211. The van der Waals surface area contributed by atoms with Crippen molar-refractivity contribution in [3.8, 4) is 5.69 Å². The topological polar surface area (TPSA) is 101 Å². The Morgan fingerprint density at radius 3 is 2.53 bits per heavy atom. The third-order valence-corrected chi connectivity index (χ3v) is 6.62. The van der Waals surface area contributed by atoms with Gasteiger partial charge in [-0.2, -0.15) is 9.40 Å². The van der Waals surface area contributed by atoms with Crippen LogP contribution in [0.1, 0.15) is 0 Å². The molecule has 1 saturated heterocycles. The van der Waals surface area contributed by atoms with Crippen molar-refractivity contribution in [2.24, 2.45) is 0 Å². The zero-order valence-electron chi connectivity index (χ0n) is 15.9. The number of sulfonamides is 1. The molecule has 4 rings (SSSR count). The van der Waals surface area contributed by atoms with Gasteiger partial charge in [0.2, 0.25) is 10.0 Å². The van der Waals surface area contributed by atoms with Gasteiger partial charge in [-0.1, -0.05) is 18.2 Å². The highest BCUT2D eigenvalue weighted by molar-refractivity contribution is 7.89. The van der Waals surface area contributed by atoms with Crippen molar-refractivity contribution in [2.45, 2.75) is 4.90 Å². The van der Waals surface area contributed by atoms with Crippen LogP contribution in [0.15, 0.2) is 66.1 Å². The van der Waals surface area contributed by atoms with Crippen LogP contribution < -0.4 is 10.6 Å². The molecule has 0 unspecified atom stereocenters. The molecular formula is C19H20N6O3S2. The monoisotopic (exact) mass is 444 g/mol. The van der Waals surface area contributed by atoms with E-state index in [2.05, 4.69) is 20.7 Å². The minimum Gasteiger partial charge on any atom is -0.379 e. The molecule has 3 aromatic rings. The van der Waals surface area contributed by atoms with Gasteiger partial charge < -0.3 is 15.4 Å². The van der Waals surface area contributed by atoms with E-state index >= 15 is 0 Å². The summed E-state index contributed by atoms with van der Waals surface area (Å²) in [7, 11) is -3.66. The lowest BCUT2D eigenvalue weighted by Crippen LogP contribution is -2.40. The normalized spacial score (nSPS) is 14.9. The van der Waals surface area contributed by atoms with Gasteiger partial charge >= 0.3 is 0 Å². The van der Waals surface area contributed by atoms with E-state index in [0.29, 0.717) is 42.8 Å². The molecule has 11 heteroatoms. The van der Waals surface area contributed by atoms with Gasteiger partial charge in [0, 0.05) is 18.8 Å². The lowest BCUT2D eigenvalue weighted by Gasteiger charge is -2.26. The molecule has 1 aromatic heterocycles. The first-order valence-electron chi connectivity index (χ1n) is 9.24. The van der Waals surface area contributed by atoms with Crippen LogP contribution in [0, 0.1) is 0 Å². The highest BCUT2D eigenvalue weighted by Crippen LogP contribution is 2.26. The molecule has 0 bridgehead atoms. The molecule has 9 nitrogen and oxygen atoms in total. The number of hydrogen-bond donors (Lipinski definition) is 2. The zero-order valence-corrected chi connectivity index (χ0v) is 17.6. The second-order valence-corrected chi connectivity index (χ2v) is 8.83. The summed E-state index contributed by atoms with van der Waals surface area (Å²) in [6.07, 6.45) is 2.94. The Morgan fingerprint density at radius 2 is 1.83 bits per heavy atom. The molecule has 1 fully saturated rings. The number of aromatic nitrogens is 3. The Bertz CT molecular complexity index is 1110. The molecule has 0 spiro atoms. The number of para-hydroxylation sites is 1. The predicted octanol–water partition coefficient (Wildman–Crippen LogP) is 2.10. The van der Waals surface area contributed by atoms with Crippen LogP contribution in [-0.4, -0.2) is 58.9 Å². The lowest BCUT2D eigenvalue weighted by atomic mass is 10.2. The summed E-state index contributed by atoms with van der Waals surface area (Å²) < 4.78 is 34.4. The molecule has 2 N–H and O–H groups in total. The Labute approximate surface area is 179 Å². The first-order chi connectivity index (χ1) is 14.5. The van der Waals surface area contributed by atoms with Crippen molar-refractivity contribution in [1.29, 1.82) is 0 Å². The first kappa shape index (κ1) is 20.4. The van der Waals surface area contributed by atoms with E-state index < -0.39 is 10.0 Å². The molecule has 156 valence electrons. The van der Waals surface area contributed by atoms with E-state index in [1.165, 1.54) is 17.0 Å². The second kappa shape index (κ2) is 8.88. The van der Waals surface area contributed by atoms with Crippen molar-refractivity contribution in [2.75, 3.05) is 36.9 Å². The SMILES string of the molecule is O=S(=O)(c1ccc(-n2cncn2)c(NC(=S)Nc2ccccc2)c1)N1CCOCC1. The third-order valence-electron chi connectivity index (χ3n) is 4.52. The summed E-state index contributed by atoms with van der Waals surface area (Å²) in [4.78, 5) is 4.13. The maximum absolute atomic E-state index is 13.1. The highest BCUT2D eigenvalue weighted by Gasteiger charge is 2.27. The minimum absolute atomic E-state index is 0.165. The van der Waals surface area contributed by atoms with Gasteiger partial charge in [-0.15, -0.1) is 0 Å². The standard InChI is InChI=1S/C19H20N6O3S2/c26-30(27,24-8-10-28-11-9-24)16-6-7-18(25-14-20-13-21-25)17(12-16)23-19(29)22-15-4-2-1-3-5-15/h1-7,12-14H,8-11H2,(H2,22,23,29). The Kier molecular flexibility index (Phi) is 6.04. The summed E-state index contributed by atoms with van der Waals surface area (Å²) in [5.41, 5.74) is 1.92. The molecule has 2 heterocycles. The number of thiocarbonyl (C=S) groups is 1. The maximum Gasteiger partial charge on any atom is 0.243 e. The molecule has 1 aliphatic heterocycles. The Hall–Kier alpha value is -2.86. The van der Waals surface area contributed by atoms with E-state index in [9.17, 15) is 8.42 Å². The molecule has 2 aromatic carbocycles. The molecule has 0 atom stereocenters. The van der Waals surface area contributed by atoms with Gasteiger partial charge in [-0.05, 0) is 42.5 Å². The summed E-state index contributed by atoms with van der Waals surface area (Å²) in [5, 5.41) is 10.6. The first-order valence-corrected chi connectivity index (χ1v) is 11.1. The van der Waals surface area contributed by atoms with Crippen molar-refractivity contribution in [3.63, 3.8) is 0 Å². The summed E-state index contributed by atoms with van der Waals surface area (Å²) >= 11 is 5.42. The quantitative estimate of drug-likeness (QED) is 0.577. The number of anilines is 2. The number of rotatable bonds is 5. The van der Waals surface area contributed by atoms with Crippen LogP contribution in [0.5, 0.6) is 0 Å². The van der Waals surface area contributed by atoms with Crippen LogP contribution in [0.25, 0.3) is 5.69 Å². The van der Waals surface area contributed by atoms with Crippen LogP contribution in [0.4, 0.5) is 11.4 Å². The van der Waals surface area contributed by atoms with E-state index in [1.54, 1.807) is 22.9 Å². The number of ether oxygens (including phenoxy) is 1. The fourth-order valence-electron chi connectivity index (χ4n) is 3.05. The van der Waals surface area contributed by atoms with Crippen LogP contribution in [0.3, 0.4) is 0 Å². The van der Waals surface area contributed by atoms with Crippen molar-refractivity contribution >= 4 is 38.7 Å². The number of morpholine rings is 1. The number of nitrogens with zero attached hydrogens (tertiary/aromatic N) is 4. The van der Waals surface area contributed by atoms with Crippen molar-refractivity contribution < 1.29 is 13.2 Å². The molecule has 1 aliphatic rings. The van der Waals surface area contributed by atoms with Crippen LogP contribution in [-0.2, 0) is 14.8 Å². The molecular weight excluding hydrogens is 424 g/mol. The van der Waals surface area contributed by atoms with E-state index in [4.69, 9.17) is 17.0 Å². The molecule has 0 amide bonds. The lowest BCUT2D eigenvalue weighted by molar-refractivity contribution is 0.0730. The summed E-state index contributed by atoms with van der Waals surface area (Å²) in [5.74, 6) is 0. The van der Waals surface area contributed by atoms with Gasteiger partial charge in [0.25, 0.3) is 0 Å². The summed E-state index contributed by atoms with van der Waals surface area (Å²) in [6.45, 7) is 1.41. The second-order valence-electron chi connectivity index (χ2n) is 6.48. The van der Waals surface area contributed by atoms with Gasteiger partial charge in [0.05, 0.1) is 29.5 Å². The van der Waals surface area contributed by atoms with Crippen LogP contribution in [0.2, 0.25) is 0 Å². The van der Waals surface area contributed by atoms with Crippen molar-refractivity contribution in [1.82, 2.24) is 19.1 Å². The largest absolute Gasteiger partial charge is 0.379 e. The molecule has 0 radical (unpaired) electrons. The minimum atomic E-state index is -3.66. The average molecular weight is 445 g/mol. The fourth-order valence-corrected chi connectivity index (χ4v) is 4.71. The van der Waals surface area contributed by atoms with Gasteiger partial charge in [-0.25, -0.2) is 18.1 Å². The number of benzene rings is 2. The van der Waals surface area contributed by atoms with E-state index in [-0.39, 0.29) is 4.90 Å². The maximum atomic E-state index is 13.1. The van der Waals surface area contributed by atoms with Gasteiger partial charge in [-0.3, -0.25) is 0 Å². The van der Waals surface area contributed by atoms with Gasteiger partial charge in [0.1, 0.15) is 12.7 Å². The van der Waals surface area contributed by atoms with Crippen molar-refractivity contribution in [3.05, 3.63) is 61.2 Å². The van der Waals surface area contributed by atoms with E-state index in [0.717, 1.165) is 5.69 Å². The smallest absolute Gasteiger partial charge is 0.243 e. The summed E-state index contributed by atoms with van der Waals surface area (Å²) in [6, 6.07) is 14.2. The zero-order chi connectivity index (χ0) is 21.0. The number of nitrogens with one attached hydrogen (secondary N) is 2. The number of hydrogen-bond acceptors (Lipinski definition) is 6. The van der Waals surface area contributed by atoms with Gasteiger partial charge in [0.15, 0.2) is 5.11 Å². The van der Waals surface area contributed by atoms with Crippen LogP contribution >= 0.6 is 12.2 Å².